The average Bonchev–Trinajstić information content (AvgIpc) is 2.90. The second kappa shape index (κ2) is 11.9. The summed E-state index contributed by atoms with van der Waals surface area (Å²) in [5.74, 6) is 6.59. The molecule has 3 nitrogen and oxygen atoms in total. The third kappa shape index (κ3) is 7.10. The van der Waals surface area contributed by atoms with Gasteiger partial charge in [-0.15, -0.1) is 0 Å². The summed E-state index contributed by atoms with van der Waals surface area (Å²) in [4.78, 5) is 12.3. The van der Waals surface area contributed by atoms with E-state index in [0.717, 1.165) is 11.3 Å². The van der Waals surface area contributed by atoms with E-state index in [1.807, 2.05) is 54.6 Å². The van der Waals surface area contributed by atoms with E-state index in [9.17, 15) is 4.79 Å². The predicted molar refractivity (Wildman–Crippen MR) is 144 cm³/mol. The molecular weight excluding hydrogens is 444 g/mol. The Morgan fingerprint density at radius 1 is 0.722 bits per heavy atom. The standard InChI is InChI=1S/C33H30O3/c1-33(2,24-22-26-12-6-3-7-13-26)36-31(34)23-25-35-30-20-18-29(19-21-30)32(27-14-8-4-9-15-27)28-16-10-5-11-17-28/h3-21,32H,23,25H2,1-2H3. The van der Waals surface area contributed by atoms with Gasteiger partial charge in [-0.2, -0.15) is 0 Å². The molecule has 0 spiro atoms. The molecule has 0 atom stereocenters. The molecule has 0 N–H and O–H groups in total. The van der Waals surface area contributed by atoms with E-state index < -0.39 is 5.60 Å². The lowest BCUT2D eigenvalue weighted by molar-refractivity contribution is -0.152. The van der Waals surface area contributed by atoms with Gasteiger partial charge in [-0.25, -0.2) is 0 Å². The molecule has 4 rings (SSSR count). The van der Waals surface area contributed by atoms with Crippen LogP contribution in [0.4, 0.5) is 0 Å². The number of carbonyl (C=O) groups excluding carboxylic acids is 1. The molecule has 0 unspecified atom stereocenters. The summed E-state index contributed by atoms with van der Waals surface area (Å²) in [6.45, 7) is 3.81. The largest absolute Gasteiger partial charge is 0.493 e. The minimum Gasteiger partial charge on any atom is -0.493 e. The molecule has 0 bridgehead atoms. The van der Waals surface area contributed by atoms with E-state index in [0.29, 0.717) is 0 Å². The van der Waals surface area contributed by atoms with Crippen LogP contribution in [0.1, 0.15) is 48.4 Å². The highest BCUT2D eigenvalue weighted by Crippen LogP contribution is 2.32. The Kier molecular flexibility index (Phi) is 8.21. The third-order valence-corrected chi connectivity index (χ3v) is 5.70. The van der Waals surface area contributed by atoms with Gasteiger partial charge in [-0.05, 0) is 54.8 Å². The van der Waals surface area contributed by atoms with Gasteiger partial charge in [0.1, 0.15) is 5.75 Å². The summed E-state index contributed by atoms with van der Waals surface area (Å²) in [5, 5.41) is 0. The molecule has 0 heterocycles. The first-order valence-corrected chi connectivity index (χ1v) is 12.1. The molecule has 0 aromatic heterocycles. The molecule has 36 heavy (non-hydrogen) atoms. The van der Waals surface area contributed by atoms with E-state index in [-0.39, 0.29) is 24.9 Å². The summed E-state index contributed by atoms with van der Waals surface area (Å²) < 4.78 is 11.4. The molecule has 4 aromatic carbocycles. The Labute approximate surface area is 213 Å². The third-order valence-electron chi connectivity index (χ3n) is 5.70. The molecule has 0 radical (unpaired) electrons. The van der Waals surface area contributed by atoms with Crippen LogP contribution in [0.15, 0.2) is 115 Å². The normalized spacial score (nSPS) is 10.9. The van der Waals surface area contributed by atoms with E-state index in [2.05, 4.69) is 72.5 Å². The van der Waals surface area contributed by atoms with Gasteiger partial charge in [0, 0.05) is 11.5 Å². The van der Waals surface area contributed by atoms with E-state index in [1.54, 1.807) is 13.8 Å². The second-order valence-corrected chi connectivity index (χ2v) is 9.02. The maximum Gasteiger partial charge on any atom is 0.310 e. The van der Waals surface area contributed by atoms with E-state index >= 15 is 0 Å². The van der Waals surface area contributed by atoms with E-state index in [4.69, 9.17) is 9.47 Å². The molecule has 3 heteroatoms. The molecule has 0 fully saturated rings. The van der Waals surface area contributed by atoms with Gasteiger partial charge < -0.3 is 9.47 Å². The van der Waals surface area contributed by atoms with E-state index in [1.165, 1.54) is 16.7 Å². The van der Waals surface area contributed by atoms with Crippen LogP contribution in [0.3, 0.4) is 0 Å². The molecule has 0 saturated heterocycles. The molecular formula is C33H30O3. The smallest absolute Gasteiger partial charge is 0.310 e. The first-order valence-electron chi connectivity index (χ1n) is 12.1. The van der Waals surface area contributed by atoms with Gasteiger partial charge >= 0.3 is 5.97 Å². The number of hydrogen-bond acceptors (Lipinski definition) is 3. The highest BCUT2D eigenvalue weighted by molar-refractivity contribution is 5.70. The molecule has 0 saturated carbocycles. The van der Waals surface area contributed by atoms with Crippen molar-refractivity contribution >= 4 is 5.97 Å². The van der Waals surface area contributed by atoms with Gasteiger partial charge in [0.05, 0.1) is 13.0 Å². The minimum atomic E-state index is -0.877. The molecule has 4 aromatic rings. The fraction of sp³-hybridized carbons (Fsp3) is 0.182. The number of carbonyl (C=O) groups is 1. The highest BCUT2D eigenvalue weighted by atomic mass is 16.6. The van der Waals surface area contributed by atoms with Crippen LogP contribution in [0, 0.1) is 11.8 Å². The Bertz CT molecular complexity index is 1260. The summed E-state index contributed by atoms with van der Waals surface area (Å²) in [7, 11) is 0. The lowest BCUT2D eigenvalue weighted by Crippen LogP contribution is -2.27. The SMILES string of the molecule is CC(C)(C#Cc1ccccc1)OC(=O)CCOc1ccc(C(c2ccccc2)c2ccccc2)cc1. The van der Waals surface area contributed by atoms with Crippen molar-refractivity contribution in [2.24, 2.45) is 0 Å². The predicted octanol–water partition coefficient (Wildman–Crippen LogP) is 7.01. The first kappa shape index (κ1) is 24.8. The van der Waals surface area contributed by atoms with Crippen molar-refractivity contribution in [1.29, 1.82) is 0 Å². The van der Waals surface area contributed by atoms with Crippen LogP contribution >= 0.6 is 0 Å². The number of hydrogen-bond donors (Lipinski definition) is 0. The summed E-state index contributed by atoms with van der Waals surface area (Å²) >= 11 is 0. The van der Waals surface area contributed by atoms with Crippen LogP contribution in [-0.2, 0) is 9.53 Å². The molecule has 0 aliphatic carbocycles. The molecule has 0 aliphatic heterocycles. The topological polar surface area (TPSA) is 35.5 Å². The van der Waals surface area contributed by atoms with Crippen molar-refractivity contribution in [2.45, 2.75) is 31.8 Å². The number of rotatable bonds is 8. The van der Waals surface area contributed by atoms with Gasteiger partial charge in [-0.1, -0.05) is 103 Å². The summed E-state index contributed by atoms with van der Waals surface area (Å²) in [5.41, 5.74) is 3.66. The fourth-order valence-electron chi connectivity index (χ4n) is 3.98. The van der Waals surface area contributed by atoms with Crippen LogP contribution < -0.4 is 4.74 Å². The quantitative estimate of drug-likeness (QED) is 0.157. The minimum absolute atomic E-state index is 0.135. The maximum absolute atomic E-state index is 12.3. The zero-order valence-corrected chi connectivity index (χ0v) is 20.7. The number of ether oxygens (including phenoxy) is 2. The molecule has 0 amide bonds. The summed E-state index contributed by atoms with van der Waals surface area (Å²) in [6.07, 6.45) is 0.148. The Morgan fingerprint density at radius 2 is 1.22 bits per heavy atom. The van der Waals surface area contributed by atoms with Crippen LogP contribution in [-0.4, -0.2) is 18.2 Å². The molecule has 180 valence electrons. The Morgan fingerprint density at radius 3 is 1.78 bits per heavy atom. The average molecular weight is 475 g/mol. The maximum atomic E-state index is 12.3. The highest BCUT2D eigenvalue weighted by Gasteiger charge is 2.20. The van der Waals surface area contributed by atoms with Gasteiger partial charge in [0.25, 0.3) is 0 Å². The van der Waals surface area contributed by atoms with Crippen molar-refractivity contribution < 1.29 is 14.3 Å². The second-order valence-electron chi connectivity index (χ2n) is 9.02. The first-order chi connectivity index (χ1) is 17.5. The fourth-order valence-corrected chi connectivity index (χ4v) is 3.98. The van der Waals surface area contributed by atoms with Gasteiger partial charge in [0.2, 0.25) is 0 Å². The number of benzene rings is 4. The van der Waals surface area contributed by atoms with Crippen LogP contribution in [0.25, 0.3) is 0 Å². The Balaban J connectivity index is 1.34. The Hall–Kier alpha value is -4.29. The monoisotopic (exact) mass is 474 g/mol. The molecule has 0 aliphatic rings. The van der Waals surface area contributed by atoms with Crippen molar-refractivity contribution in [2.75, 3.05) is 6.61 Å². The van der Waals surface area contributed by atoms with Crippen molar-refractivity contribution in [3.8, 4) is 17.6 Å². The number of esters is 1. The van der Waals surface area contributed by atoms with Gasteiger partial charge in [0.15, 0.2) is 5.60 Å². The van der Waals surface area contributed by atoms with Gasteiger partial charge in [-0.3, -0.25) is 4.79 Å². The lowest BCUT2D eigenvalue weighted by atomic mass is 9.85. The van der Waals surface area contributed by atoms with Crippen molar-refractivity contribution in [1.82, 2.24) is 0 Å². The van der Waals surface area contributed by atoms with Crippen molar-refractivity contribution in [3.05, 3.63) is 138 Å². The van der Waals surface area contributed by atoms with Crippen molar-refractivity contribution in [3.63, 3.8) is 0 Å². The van der Waals surface area contributed by atoms with Crippen LogP contribution in [0.2, 0.25) is 0 Å². The zero-order valence-electron chi connectivity index (χ0n) is 20.7. The van der Waals surface area contributed by atoms with Crippen LogP contribution in [0.5, 0.6) is 5.75 Å². The zero-order chi connectivity index (χ0) is 25.2. The summed E-state index contributed by atoms with van der Waals surface area (Å²) in [6, 6.07) is 38.6. The lowest BCUT2D eigenvalue weighted by Gasteiger charge is -2.20.